The number of amides is 2. The zero-order valence-electron chi connectivity index (χ0n) is 9.40. The molecule has 1 unspecified atom stereocenters. The predicted octanol–water partition coefficient (Wildman–Crippen LogP) is 1.27. The van der Waals surface area contributed by atoms with Crippen LogP contribution in [0.15, 0.2) is 24.3 Å². The van der Waals surface area contributed by atoms with Gasteiger partial charge in [-0.05, 0) is 24.1 Å². The first-order valence-electron chi connectivity index (χ1n) is 5.63. The lowest BCUT2D eigenvalue weighted by molar-refractivity contribution is 0.193. The van der Waals surface area contributed by atoms with E-state index in [1.807, 2.05) is 0 Å². The number of urea groups is 1. The van der Waals surface area contributed by atoms with Crippen LogP contribution in [0.2, 0.25) is 0 Å². The van der Waals surface area contributed by atoms with Crippen molar-refractivity contribution in [3.8, 4) is 0 Å². The van der Waals surface area contributed by atoms with Gasteiger partial charge in [0.25, 0.3) is 0 Å². The third kappa shape index (κ3) is 2.55. The lowest BCUT2D eigenvalue weighted by Gasteiger charge is -2.23. The highest BCUT2D eigenvalue weighted by Crippen LogP contribution is 2.24. The molecular formula is C12H15FN2O2. The van der Waals surface area contributed by atoms with E-state index in [9.17, 15) is 9.18 Å². The monoisotopic (exact) mass is 238 g/mol. The molecule has 1 heterocycles. The maximum atomic E-state index is 12.8. The summed E-state index contributed by atoms with van der Waals surface area (Å²) in [5, 5.41) is 11.6. The SMILES string of the molecule is O=C1NCC(c2ccc(F)cc2)N1CCCO. The van der Waals surface area contributed by atoms with E-state index in [1.54, 1.807) is 17.0 Å². The lowest BCUT2D eigenvalue weighted by Crippen LogP contribution is -2.31. The van der Waals surface area contributed by atoms with Gasteiger partial charge >= 0.3 is 6.03 Å². The summed E-state index contributed by atoms with van der Waals surface area (Å²) in [6.45, 7) is 1.08. The van der Waals surface area contributed by atoms with E-state index in [0.717, 1.165) is 5.56 Å². The highest BCUT2D eigenvalue weighted by Gasteiger charge is 2.30. The Labute approximate surface area is 99.0 Å². The molecular weight excluding hydrogens is 223 g/mol. The van der Waals surface area contributed by atoms with Crippen molar-refractivity contribution in [3.63, 3.8) is 0 Å². The molecule has 1 aliphatic heterocycles. The number of hydrogen-bond donors (Lipinski definition) is 2. The summed E-state index contributed by atoms with van der Waals surface area (Å²) < 4.78 is 12.8. The summed E-state index contributed by atoms with van der Waals surface area (Å²) in [7, 11) is 0. The average molecular weight is 238 g/mol. The Hall–Kier alpha value is -1.62. The van der Waals surface area contributed by atoms with Crippen molar-refractivity contribution in [2.45, 2.75) is 12.5 Å². The number of halogens is 1. The molecule has 1 atom stereocenters. The maximum Gasteiger partial charge on any atom is 0.318 e. The molecule has 2 rings (SSSR count). The first-order chi connectivity index (χ1) is 8.22. The van der Waals surface area contributed by atoms with Crippen LogP contribution < -0.4 is 5.32 Å². The molecule has 1 aliphatic rings. The Morgan fingerprint density at radius 3 is 2.76 bits per heavy atom. The van der Waals surface area contributed by atoms with E-state index in [0.29, 0.717) is 19.5 Å². The fourth-order valence-electron chi connectivity index (χ4n) is 2.02. The van der Waals surface area contributed by atoms with Crippen LogP contribution in [0.4, 0.5) is 9.18 Å². The number of nitrogens with one attached hydrogen (secondary N) is 1. The van der Waals surface area contributed by atoms with Crippen molar-refractivity contribution in [3.05, 3.63) is 35.6 Å². The van der Waals surface area contributed by atoms with Gasteiger partial charge in [-0.3, -0.25) is 0 Å². The molecule has 92 valence electrons. The van der Waals surface area contributed by atoms with Gasteiger partial charge < -0.3 is 15.3 Å². The second-order valence-electron chi connectivity index (χ2n) is 4.02. The summed E-state index contributed by atoms with van der Waals surface area (Å²) in [6.07, 6.45) is 0.547. The fraction of sp³-hybridized carbons (Fsp3) is 0.417. The molecule has 1 aromatic carbocycles. The zero-order valence-corrected chi connectivity index (χ0v) is 9.40. The van der Waals surface area contributed by atoms with Gasteiger partial charge in [0.2, 0.25) is 0 Å². The molecule has 1 saturated heterocycles. The summed E-state index contributed by atoms with van der Waals surface area (Å²) in [6, 6.07) is 5.95. The standard InChI is InChI=1S/C12H15FN2O2/c13-10-4-2-9(3-5-10)11-8-14-12(17)15(11)6-1-7-16/h2-5,11,16H,1,6-8H2,(H,14,17). The number of hydrogen-bond acceptors (Lipinski definition) is 2. The van der Waals surface area contributed by atoms with Crippen molar-refractivity contribution in [2.75, 3.05) is 19.7 Å². The number of nitrogens with zero attached hydrogens (tertiary/aromatic N) is 1. The van der Waals surface area contributed by atoms with Crippen LogP contribution in [0, 0.1) is 5.82 Å². The number of carbonyl (C=O) groups is 1. The van der Waals surface area contributed by atoms with Crippen molar-refractivity contribution in [1.82, 2.24) is 10.2 Å². The minimum atomic E-state index is -0.284. The van der Waals surface area contributed by atoms with Gasteiger partial charge in [-0.15, -0.1) is 0 Å². The molecule has 2 N–H and O–H groups in total. The summed E-state index contributed by atoms with van der Waals surface area (Å²) in [4.78, 5) is 13.3. The Bertz CT molecular complexity index is 394. The second-order valence-corrected chi connectivity index (χ2v) is 4.02. The number of aliphatic hydroxyl groups is 1. The maximum absolute atomic E-state index is 12.8. The molecule has 0 spiro atoms. The zero-order chi connectivity index (χ0) is 12.3. The largest absolute Gasteiger partial charge is 0.396 e. The van der Waals surface area contributed by atoms with Crippen molar-refractivity contribution >= 4 is 6.03 Å². The number of carbonyl (C=O) groups excluding carboxylic acids is 1. The van der Waals surface area contributed by atoms with Crippen LogP contribution in [0.3, 0.4) is 0 Å². The van der Waals surface area contributed by atoms with E-state index in [-0.39, 0.29) is 24.5 Å². The van der Waals surface area contributed by atoms with E-state index < -0.39 is 0 Å². The van der Waals surface area contributed by atoms with Gasteiger partial charge in [-0.2, -0.15) is 0 Å². The molecule has 4 nitrogen and oxygen atoms in total. The topological polar surface area (TPSA) is 52.6 Å². The van der Waals surface area contributed by atoms with E-state index in [1.165, 1.54) is 12.1 Å². The fourth-order valence-corrected chi connectivity index (χ4v) is 2.02. The van der Waals surface area contributed by atoms with Crippen molar-refractivity contribution in [1.29, 1.82) is 0 Å². The molecule has 0 bridgehead atoms. The third-order valence-electron chi connectivity index (χ3n) is 2.90. The predicted molar refractivity (Wildman–Crippen MR) is 60.9 cm³/mol. The van der Waals surface area contributed by atoms with Gasteiger partial charge in [0.05, 0.1) is 6.04 Å². The number of rotatable bonds is 4. The summed E-state index contributed by atoms with van der Waals surface area (Å²) >= 11 is 0. The summed E-state index contributed by atoms with van der Waals surface area (Å²) in [5.41, 5.74) is 0.905. The molecule has 0 aliphatic carbocycles. The van der Waals surface area contributed by atoms with Crippen LogP contribution in [0.1, 0.15) is 18.0 Å². The quantitative estimate of drug-likeness (QED) is 0.830. The van der Waals surface area contributed by atoms with Crippen LogP contribution in [0.25, 0.3) is 0 Å². The minimum Gasteiger partial charge on any atom is -0.396 e. The minimum absolute atomic E-state index is 0.0555. The Kier molecular flexibility index (Phi) is 3.58. The Morgan fingerprint density at radius 2 is 2.12 bits per heavy atom. The molecule has 1 fully saturated rings. The van der Waals surface area contributed by atoms with Gasteiger partial charge in [0.15, 0.2) is 0 Å². The normalized spacial score (nSPS) is 19.5. The van der Waals surface area contributed by atoms with Crippen LogP contribution in [-0.2, 0) is 0 Å². The van der Waals surface area contributed by atoms with Crippen LogP contribution in [-0.4, -0.2) is 35.7 Å². The van der Waals surface area contributed by atoms with Gasteiger partial charge in [-0.1, -0.05) is 12.1 Å². The molecule has 2 amide bonds. The molecule has 1 aromatic rings. The summed E-state index contributed by atoms with van der Waals surface area (Å²) in [5.74, 6) is -0.284. The van der Waals surface area contributed by atoms with E-state index in [2.05, 4.69) is 5.32 Å². The van der Waals surface area contributed by atoms with E-state index in [4.69, 9.17) is 5.11 Å². The van der Waals surface area contributed by atoms with Gasteiger partial charge in [0.1, 0.15) is 5.82 Å². The molecule has 0 radical (unpaired) electrons. The highest BCUT2D eigenvalue weighted by atomic mass is 19.1. The van der Waals surface area contributed by atoms with Crippen molar-refractivity contribution in [2.24, 2.45) is 0 Å². The third-order valence-corrected chi connectivity index (χ3v) is 2.90. The first-order valence-corrected chi connectivity index (χ1v) is 5.63. The van der Waals surface area contributed by atoms with Crippen LogP contribution >= 0.6 is 0 Å². The second kappa shape index (κ2) is 5.14. The van der Waals surface area contributed by atoms with Gasteiger partial charge in [-0.25, -0.2) is 9.18 Å². The number of aliphatic hydroxyl groups excluding tert-OH is 1. The Balaban J connectivity index is 2.13. The van der Waals surface area contributed by atoms with E-state index >= 15 is 0 Å². The lowest BCUT2D eigenvalue weighted by atomic mass is 10.1. The smallest absolute Gasteiger partial charge is 0.318 e. The Morgan fingerprint density at radius 1 is 1.41 bits per heavy atom. The molecule has 0 aromatic heterocycles. The molecule has 17 heavy (non-hydrogen) atoms. The van der Waals surface area contributed by atoms with Crippen LogP contribution in [0.5, 0.6) is 0 Å². The first kappa shape index (κ1) is 11.9. The molecule has 5 heteroatoms. The highest BCUT2D eigenvalue weighted by molar-refractivity contribution is 5.77. The molecule has 0 saturated carbocycles. The number of benzene rings is 1. The van der Waals surface area contributed by atoms with Crippen molar-refractivity contribution < 1.29 is 14.3 Å². The van der Waals surface area contributed by atoms with Gasteiger partial charge in [0, 0.05) is 19.7 Å². The average Bonchev–Trinajstić information content (AvgIpc) is 2.69.